The van der Waals surface area contributed by atoms with Crippen LogP contribution >= 0.6 is 0 Å². The third-order valence-electron chi connectivity index (χ3n) is 7.50. The molecule has 0 radical (unpaired) electrons. The SMILES string of the molecule is CC(C)C1C=C2CCC3[C@](C)(CCC[C@]3(C)C(=O)O)[C@@H]2CC1. The Bertz CT molecular complexity index is 492. The number of allylic oxidation sites excluding steroid dienone is 2. The summed E-state index contributed by atoms with van der Waals surface area (Å²) >= 11 is 0. The van der Waals surface area contributed by atoms with Crippen LogP contribution in [-0.2, 0) is 4.79 Å². The molecule has 0 bridgehead atoms. The predicted octanol–water partition coefficient (Wildman–Crippen LogP) is 5.29. The minimum atomic E-state index is -0.563. The maximum atomic E-state index is 12.0. The largest absolute Gasteiger partial charge is 0.481 e. The van der Waals surface area contributed by atoms with Gasteiger partial charge in [-0.25, -0.2) is 0 Å². The van der Waals surface area contributed by atoms with Crippen LogP contribution in [0.5, 0.6) is 0 Å². The highest BCUT2D eigenvalue weighted by molar-refractivity contribution is 5.75. The molecular weight excluding hydrogens is 272 g/mol. The van der Waals surface area contributed by atoms with Crippen LogP contribution in [-0.4, -0.2) is 11.1 Å². The first-order chi connectivity index (χ1) is 10.3. The van der Waals surface area contributed by atoms with Crippen LogP contribution in [0.1, 0.15) is 72.6 Å². The van der Waals surface area contributed by atoms with Crippen molar-refractivity contribution in [1.82, 2.24) is 0 Å². The van der Waals surface area contributed by atoms with Crippen LogP contribution in [0.4, 0.5) is 0 Å². The molecule has 2 saturated carbocycles. The highest BCUT2D eigenvalue weighted by Crippen LogP contribution is 2.63. The van der Waals surface area contributed by atoms with Crippen molar-refractivity contribution in [1.29, 1.82) is 0 Å². The van der Waals surface area contributed by atoms with Crippen LogP contribution in [0, 0.1) is 34.5 Å². The second-order valence-electron chi connectivity index (χ2n) is 8.95. The monoisotopic (exact) mass is 304 g/mol. The molecule has 3 rings (SSSR count). The van der Waals surface area contributed by atoms with Gasteiger partial charge < -0.3 is 5.11 Å². The molecule has 2 unspecified atom stereocenters. The van der Waals surface area contributed by atoms with Crippen molar-refractivity contribution in [3.63, 3.8) is 0 Å². The third kappa shape index (κ3) is 2.25. The lowest BCUT2D eigenvalue weighted by Crippen LogP contribution is -2.54. The summed E-state index contributed by atoms with van der Waals surface area (Å²) in [5.74, 6) is 1.89. The van der Waals surface area contributed by atoms with Gasteiger partial charge in [0.05, 0.1) is 5.41 Å². The van der Waals surface area contributed by atoms with E-state index in [1.165, 1.54) is 19.3 Å². The Morgan fingerprint density at radius 3 is 2.59 bits per heavy atom. The zero-order valence-corrected chi connectivity index (χ0v) is 14.7. The van der Waals surface area contributed by atoms with E-state index in [9.17, 15) is 9.90 Å². The van der Waals surface area contributed by atoms with Gasteiger partial charge in [-0.2, -0.15) is 0 Å². The Kier molecular flexibility index (Phi) is 3.94. The van der Waals surface area contributed by atoms with Crippen LogP contribution in [0.15, 0.2) is 11.6 Å². The first-order valence-corrected chi connectivity index (χ1v) is 9.23. The van der Waals surface area contributed by atoms with E-state index in [1.54, 1.807) is 5.57 Å². The molecule has 0 aromatic heterocycles. The molecule has 3 aliphatic rings. The normalized spacial score (nSPS) is 45.0. The second-order valence-corrected chi connectivity index (χ2v) is 8.95. The summed E-state index contributed by atoms with van der Waals surface area (Å²) in [5, 5.41) is 9.85. The lowest BCUT2D eigenvalue weighted by atomic mass is 9.45. The zero-order chi connectivity index (χ0) is 16.1. The van der Waals surface area contributed by atoms with Gasteiger partial charge in [-0.15, -0.1) is 0 Å². The van der Waals surface area contributed by atoms with Gasteiger partial charge in [-0.1, -0.05) is 38.8 Å². The summed E-state index contributed by atoms with van der Waals surface area (Å²) in [6, 6.07) is 0. The smallest absolute Gasteiger partial charge is 0.309 e. The van der Waals surface area contributed by atoms with Crippen molar-refractivity contribution in [2.75, 3.05) is 0 Å². The van der Waals surface area contributed by atoms with Gasteiger partial charge in [-0.3, -0.25) is 4.79 Å². The zero-order valence-electron chi connectivity index (χ0n) is 14.7. The Balaban J connectivity index is 1.94. The van der Waals surface area contributed by atoms with Gasteiger partial charge in [0.1, 0.15) is 0 Å². The van der Waals surface area contributed by atoms with E-state index >= 15 is 0 Å². The molecule has 2 heteroatoms. The number of fused-ring (bicyclic) bond motifs is 3. The van der Waals surface area contributed by atoms with Crippen molar-refractivity contribution >= 4 is 5.97 Å². The van der Waals surface area contributed by atoms with E-state index in [1.807, 2.05) is 6.92 Å². The van der Waals surface area contributed by atoms with Gasteiger partial charge >= 0.3 is 5.97 Å². The standard InChI is InChI=1S/C20H32O2/c1-13(2)14-6-8-16-15(12-14)7-9-17-19(16,3)10-5-11-20(17,4)18(21)22/h12-14,16-17H,5-11H2,1-4H3,(H,21,22)/t14?,16-,17?,19-,20+/m1/s1. The van der Waals surface area contributed by atoms with Gasteiger partial charge in [0, 0.05) is 0 Å². The molecule has 2 nitrogen and oxygen atoms in total. The van der Waals surface area contributed by atoms with Crippen molar-refractivity contribution < 1.29 is 9.90 Å². The maximum Gasteiger partial charge on any atom is 0.309 e. The van der Waals surface area contributed by atoms with E-state index in [4.69, 9.17) is 0 Å². The molecule has 0 heterocycles. The van der Waals surface area contributed by atoms with Crippen molar-refractivity contribution in [2.24, 2.45) is 34.5 Å². The summed E-state index contributed by atoms with van der Waals surface area (Å²) in [7, 11) is 0. The molecule has 5 atom stereocenters. The first kappa shape index (κ1) is 16.1. The number of carbonyl (C=O) groups is 1. The van der Waals surface area contributed by atoms with Crippen LogP contribution in [0.25, 0.3) is 0 Å². The highest BCUT2D eigenvalue weighted by atomic mass is 16.4. The van der Waals surface area contributed by atoms with Gasteiger partial charge in [0.2, 0.25) is 0 Å². The van der Waals surface area contributed by atoms with Crippen molar-refractivity contribution in [3.05, 3.63) is 11.6 Å². The molecule has 124 valence electrons. The summed E-state index contributed by atoms with van der Waals surface area (Å²) in [5.41, 5.74) is 1.36. The highest BCUT2D eigenvalue weighted by Gasteiger charge is 2.58. The van der Waals surface area contributed by atoms with E-state index in [-0.39, 0.29) is 5.41 Å². The molecule has 1 N–H and O–H groups in total. The minimum Gasteiger partial charge on any atom is -0.481 e. The molecule has 0 spiro atoms. The summed E-state index contributed by atoms with van der Waals surface area (Å²) in [6.45, 7) is 9.09. The molecule has 0 aliphatic heterocycles. The number of hydrogen-bond acceptors (Lipinski definition) is 1. The first-order valence-electron chi connectivity index (χ1n) is 9.23. The van der Waals surface area contributed by atoms with Crippen molar-refractivity contribution in [2.45, 2.75) is 72.6 Å². The van der Waals surface area contributed by atoms with E-state index < -0.39 is 11.4 Å². The van der Waals surface area contributed by atoms with E-state index in [0.29, 0.717) is 11.8 Å². The fraction of sp³-hybridized carbons (Fsp3) is 0.850. The van der Waals surface area contributed by atoms with Gasteiger partial charge in [0.25, 0.3) is 0 Å². The quantitative estimate of drug-likeness (QED) is 0.704. The maximum absolute atomic E-state index is 12.0. The Labute approximate surface area is 135 Å². The number of carboxylic acids is 1. The molecule has 0 saturated heterocycles. The average Bonchev–Trinajstić information content (AvgIpc) is 2.46. The molecule has 0 aromatic carbocycles. The van der Waals surface area contributed by atoms with Crippen LogP contribution < -0.4 is 0 Å². The van der Waals surface area contributed by atoms with Crippen LogP contribution in [0.3, 0.4) is 0 Å². The number of hydrogen-bond donors (Lipinski definition) is 1. The number of carboxylic acid groups (broad SMARTS) is 1. The van der Waals surface area contributed by atoms with Gasteiger partial charge in [-0.05, 0) is 74.5 Å². The Hall–Kier alpha value is -0.790. The Morgan fingerprint density at radius 1 is 1.23 bits per heavy atom. The molecule has 0 amide bonds. The fourth-order valence-electron chi connectivity index (χ4n) is 6.10. The molecule has 22 heavy (non-hydrogen) atoms. The third-order valence-corrected chi connectivity index (χ3v) is 7.50. The number of rotatable bonds is 2. The summed E-state index contributed by atoms with van der Waals surface area (Å²) < 4.78 is 0. The van der Waals surface area contributed by atoms with Crippen molar-refractivity contribution in [3.8, 4) is 0 Å². The van der Waals surface area contributed by atoms with E-state index in [0.717, 1.165) is 37.5 Å². The van der Waals surface area contributed by atoms with E-state index in [2.05, 4.69) is 26.8 Å². The lowest BCUT2D eigenvalue weighted by Gasteiger charge is -2.58. The summed E-state index contributed by atoms with van der Waals surface area (Å²) in [6.07, 6.45) is 10.5. The second kappa shape index (κ2) is 5.39. The molecule has 2 fully saturated rings. The molecule has 0 aromatic rings. The topological polar surface area (TPSA) is 37.3 Å². The predicted molar refractivity (Wildman–Crippen MR) is 89.6 cm³/mol. The molecule has 3 aliphatic carbocycles. The minimum absolute atomic E-state index is 0.206. The average molecular weight is 304 g/mol. The summed E-state index contributed by atoms with van der Waals surface area (Å²) in [4.78, 5) is 12.0. The molecular formula is C20H32O2. The van der Waals surface area contributed by atoms with Gasteiger partial charge in [0.15, 0.2) is 0 Å². The number of aliphatic carboxylic acids is 1. The lowest BCUT2D eigenvalue weighted by molar-refractivity contribution is -0.164. The van der Waals surface area contributed by atoms with Crippen LogP contribution in [0.2, 0.25) is 0 Å². The Morgan fingerprint density at radius 2 is 1.95 bits per heavy atom. The fourth-order valence-corrected chi connectivity index (χ4v) is 6.10.